The predicted molar refractivity (Wildman–Crippen MR) is 80.2 cm³/mol. The zero-order valence-electron chi connectivity index (χ0n) is 12.3. The molecule has 0 aliphatic heterocycles. The summed E-state index contributed by atoms with van der Waals surface area (Å²) < 4.78 is 0. The van der Waals surface area contributed by atoms with Gasteiger partial charge in [0.05, 0.1) is 0 Å². The Kier molecular flexibility index (Phi) is 5.25. The summed E-state index contributed by atoms with van der Waals surface area (Å²) in [7, 11) is 0. The maximum atomic E-state index is 12.1. The third kappa shape index (κ3) is 4.55. The Bertz CT molecular complexity index is 581. The van der Waals surface area contributed by atoms with Crippen LogP contribution < -0.4 is 10.6 Å². The fourth-order valence-electron chi connectivity index (χ4n) is 1.89. The lowest BCUT2D eigenvalue weighted by Crippen LogP contribution is -2.26. The van der Waals surface area contributed by atoms with Crippen LogP contribution in [-0.2, 0) is 6.42 Å². The number of carbonyl (C=O) groups is 1. The molecule has 0 saturated carbocycles. The molecule has 2 aromatic heterocycles. The van der Waals surface area contributed by atoms with Gasteiger partial charge < -0.3 is 10.6 Å². The zero-order chi connectivity index (χ0) is 15.1. The molecule has 3 N–H and O–H groups in total. The van der Waals surface area contributed by atoms with Crippen LogP contribution in [0.2, 0.25) is 0 Å². The van der Waals surface area contributed by atoms with Gasteiger partial charge in [-0.15, -0.1) is 0 Å². The maximum Gasteiger partial charge on any atom is 0.251 e. The van der Waals surface area contributed by atoms with Gasteiger partial charge in [-0.25, -0.2) is 9.97 Å². The first-order valence-electron chi connectivity index (χ1n) is 7.04. The Hall–Kier alpha value is -2.44. The van der Waals surface area contributed by atoms with Crippen LogP contribution in [0.15, 0.2) is 18.5 Å². The second kappa shape index (κ2) is 7.37. The van der Waals surface area contributed by atoms with Gasteiger partial charge in [0.25, 0.3) is 5.91 Å². The van der Waals surface area contributed by atoms with E-state index in [1.54, 1.807) is 12.1 Å². The molecule has 0 aromatic carbocycles. The van der Waals surface area contributed by atoms with E-state index in [1.807, 2.05) is 6.92 Å². The van der Waals surface area contributed by atoms with Crippen molar-refractivity contribution in [2.45, 2.75) is 26.7 Å². The molecule has 0 aliphatic carbocycles. The van der Waals surface area contributed by atoms with Crippen LogP contribution in [0.25, 0.3) is 0 Å². The number of aromatic amines is 1. The Labute approximate surface area is 123 Å². The number of hydrogen-bond donors (Lipinski definition) is 3. The number of pyridine rings is 1. The lowest BCUT2D eigenvalue weighted by Gasteiger charge is -2.09. The molecule has 21 heavy (non-hydrogen) atoms. The molecule has 0 atom stereocenters. The minimum absolute atomic E-state index is 0.112. The van der Waals surface area contributed by atoms with Crippen molar-refractivity contribution in [1.82, 2.24) is 25.5 Å². The second-order valence-corrected chi connectivity index (χ2v) is 4.75. The molecule has 0 bridgehead atoms. The Morgan fingerprint density at radius 3 is 2.90 bits per heavy atom. The van der Waals surface area contributed by atoms with Gasteiger partial charge in [0.1, 0.15) is 18.0 Å². The molecule has 7 heteroatoms. The van der Waals surface area contributed by atoms with Gasteiger partial charge in [0.2, 0.25) is 0 Å². The van der Waals surface area contributed by atoms with Crippen molar-refractivity contribution in [3.8, 4) is 0 Å². The van der Waals surface area contributed by atoms with Gasteiger partial charge in [-0.1, -0.05) is 6.92 Å². The largest absolute Gasteiger partial charge is 0.370 e. The molecule has 1 amide bonds. The monoisotopic (exact) mass is 288 g/mol. The third-order valence-electron chi connectivity index (χ3n) is 2.88. The first kappa shape index (κ1) is 15.0. The number of H-pyrrole nitrogens is 1. The molecule has 7 nitrogen and oxygen atoms in total. The average Bonchev–Trinajstić information content (AvgIpc) is 2.97. The van der Waals surface area contributed by atoms with E-state index in [-0.39, 0.29) is 5.91 Å². The number of aryl methyl sites for hydroxylation is 1. The average molecular weight is 288 g/mol. The third-order valence-corrected chi connectivity index (χ3v) is 2.88. The second-order valence-electron chi connectivity index (χ2n) is 4.75. The number of carbonyl (C=O) groups excluding carboxylic acids is 1. The molecular formula is C14H20N6O. The highest BCUT2D eigenvalue weighted by Crippen LogP contribution is 2.10. The summed E-state index contributed by atoms with van der Waals surface area (Å²) in [5.74, 6) is 1.38. The van der Waals surface area contributed by atoms with Crippen molar-refractivity contribution in [2.75, 3.05) is 18.4 Å². The van der Waals surface area contributed by atoms with Gasteiger partial charge in [-0.2, -0.15) is 5.10 Å². The number of rotatable bonds is 7. The van der Waals surface area contributed by atoms with Gasteiger partial charge in [0.15, 0.2) is 0 Å². The Morgan fingerprint density at radius 1 is 1.33 bits per heavy atom. The van der Waals surface area contributed by atoms with E-state index in [0.29, 0.717) is 18.5 Å². The number of nitrogens with one attached hydrogen (secondary N) is 3. The van der Waals surface area contributed by atoms with Crippen LogP contribution in [0, 0.1) is 6.92 Å². The van der Waals surface area contributed by atoms with E-state index in [4.69, 9.17) is 0 Å². The van der Waals surface area contributed by atoms with Crippen LogP contribution in [0.5, 0.6) is 0 Å². The molecule has 2 heterocycles. The van der Waals surface area contributed by atoms with Crippen LogP contribution >= 0.6 is 0 Å². The van der Waals surface area contributed by atoms with Crippen LogP contribution in [0.4, 0.5) is 5.82 Å². The standard InChI is InChI=1S/C14H20N6O/c1-3-5-15-13-8-11(7-10(2)19-13)14(21)16-6-4-12-17-9-18-20-12/h7-9H,3-6H2,1-2H3,(H,15,19)(H,16,21)(H,17,18,20). The summed E-state index contributed by atoms with van der Waals surface area (Å²) >= 11 is 0. The van der Waals surface area contributed by atoms with Crippen LogP contribution in [-0.4, -0.2) is 39.2 Å². The quantitative estimate of drug-likeness (QED) is 0.714. The fourth-order valence-corrected chi connectivity index (χ4v) is 1.89. The minimum atomic E-state index is -0.112. The molecule has 0 radical (unpaired) electrons. The molecule has 0 spiro atoms. The first-order chi connectivity index (χ1) is 10.2. The summed E-state index contributed by atoms with van der Waals surface area (Å²) in [6.45, 7) is 5.30. The highest BCUT2D eigenvalue weighted by Gasteiger charge is 2.08. The number of anilines is 1. The zero-order valence-corrected chi connectivity index (χ0v) is 12.3. The summed E-state index contributed by atoms with van der Waals surface area (Å²) in [5.41, 5.74) is 1.43. The SMILES string of the molecule is CCCNc1cc(C(=O)NCCc2ncn[nH]2)cc(C)n1. The van der Waals surface area contributed by atoms with Crippen LogP contribution in [0.1, 0.15) is 35.2 Å². The predicted octanol–water partition coefficient (Wildman–Crippen LogP) is 1.30. The first-order valence-corrected chi connectivity index (χ1v) is 7.04. The fraction of sp³-hybridized carbons (Fsp3) is 0.429. The van der Waals surface area contributed by atoms with Gasteiger partial charge >= 0.3 is 0 Å². The number of nitrogens with zero attached hydrogens (tertiary/aromatic N) is 3. The maximum absolute atomic E-state index is 12.1. The molecule has 0 saturated heterocycles. The van der Waals surface area contributed by atoms with E-state index >= 15 is 0 Å². The summed E-state index contributed by atoms with van der Waals surface area (Å²) in [5, 5.41) is 12.6. The number of hydrogen-bond acceptors (Lipinski definition) is 5. The van der Waals surface area contributed by atoms with E-state index in [0.717, 1.165) is 30.3 Å². The minimum Gasteiger partial charge on any atom is -0.370 e. The normalized spacial score (nSPS) is 10.4. The molecule has 0 aliphatic rings. The molecule has 0 fully saturated rings. The topological polar surface area (TPSA) is 95.6 Å². The molecular weight excluding hydrogens is 268 g/mol. The van der Waals surface area contributed by atoms with Gasteiger partial charge in [-0.3, -0.25) is 9.89 Å². The van der Waals surface area contributed by atoms with Crippen molar-refractivity contribution < 1.29 is 4.79 Å². The van der Waals surface area contributed by atoms with E-state index < -0.39 is 0 Å². The van der Waals surface area contributed by atoms with Crippen LogP contribution in [0.3, 0.4) is 0 Å². The molecule has 112 valence electrons. The van der Waals surface area contributed by atoms with Gasteiger partial charge in [0, 0.05) is 30.8 Å². The highest BCUT2D eigenvalue weighted by atomic mass is 16.1. The van der Waals surface area contributed by atoms with Crippen molar-refractivity contribution >= 4 is 11.7 Å². The van der Waals surface area contributed by atoms with E-state index in [9.17, 15) is 4.79 Å². The summed E-state index contributed by atoms with van der Waals surface area (Å²) in [6.07, 6.45) is 3.08. The number of amides is 1. The smallest absolute Gasteiger partial charge is 0.251 e. The van der Waals surface area contributed by atoms with Gasteiger partial charge in [-0.05, 0) is 25.5 Å². The Morgan fingerprint density at radius 2 is 2.19 bits per heavy atom. The molecule has 2 aromatic rings. The number of aromatic nitrogens is 4. The van der Waals surface area contributed by atoms with Crippen molar-refractivity contribution in [3.63, 3.8) is 0 Å². The molecule has 0 unspecified atom stereocenters. The lowest BCUT2D eigenvalue weighted by atomic mass is 10.2. The van der Waals surface area contributed by atoms with Crippen molar-refractivity contribution in [3.05, 3.63) is 35.5 Å². The molecule has 2 rings (SSSR count). The lowest BCUT2D eigenvalue weighted by molar-refractivity contribution is 0.0954. The van der Waals surface area contributed by atoms with Crippen molar-refractivity contribution in [1.29, 1.82) is 0 Å². The summed E-state index contributed by atoms with van der Waals surface area (Å²) in [6, 6.07) is 3.55. The highest BCUT2D eigenvalue weighted by molar-refractivity contribution is 5.95. The van der Waals surface area contributed by atoms with E-state index in [2.05, 4.69) is 37.7 Å². The Balaban J connectivity index is 1.93. The van der Waals surface area contributed by atoms with E-state index in [1.165, 1.54) is 6.33 Å². The summed E-state index contributed by atoms with van der Waals surface area (Å²) in [4.78, 5) is 20.5. The van der Waals surface area contributed by atoms with Crippen molar-refractivity contribution in [2.24, 2.45) is 0 Å².